The summed E-state index contributed by atoms with van der Waals surface area (Å²) < 4.78 is 5.51. The van der Waals surface area contributed by atoms with Crippen LogP contribution in [0.15, 0.2) is 127 Å². The molecule has 2 nitrogen and oxygen atoms in total. The first-order chi connectivity index (χ1) is 30.8. The van der Waals surface area contributed by atoms with E-state index in [0.29, 0.717) is 0 Å². The predicted molar refractivity (Wildman–Crippen MR) is 284 cm³/mol. The lowest BCUT2D eigenvalue weighted by Gasteiger charge is -2.37. The van der Waals surface area contributed by atoms with E-state index in [1.807, 2.05) is 0 Å². The van der Waals surface area contributed by atoms with Crippen LogP contribution in [-0.4, -0.2) is 15.9 Å². The van der Waals surface area contributed by atoms with Gasteiger partial charge in [-0.3, -0.25) is 0 Å². The second kappa shape index (κ2) is 12.3. The summed E-state index contributed by atoms with van der Waals surface area (Å²) in [6.07, 6.45) is 0. The molecule has 0 saturated heterocycles. The summed E-state index contributed by atoms with van der Waals surface area (Å²) in [5.41, 5.74) is 20.1. The third kappa shape index (κ3) is 5.19. The minimum absolute atomic E-state index is 0.0105. The van der Waals surface area contributed by atoms with Gasteiger partial charge in [0.2, 0.25) is 0 Å². The van der Waals surface area contributed by atoms with Gasteiger partial charge in [0.15, 0.2) is 0 Å². The van der Waals surface area contributed by atoms with Crippen molar-refractivity contribution in [1.82, 2.24) is 9.05 Å². The van der Waals surface area contributed by atoms with E-state index >= 15 is 0 Å². The van der Waals surface area contributed by atoms with Crippen molar-refractivity contribution < 1.29 is 0 Å². The average molecular weight is 841 g/mol. The van der Waals surface area contributed by atoms with Crippen LogP contribution in [-0.2, 0) is 21.7 Å². The van der Waals surface area contributed by atoms with Crippen LogP contribution < -0.4 is 10.9 Å². The number of benzene rings is 9. The molecule has 0 atom stereocenters. The van der Waals surface area contributed by atoms with Crippen LogP contribution in [0.2, 0.25) is 0 Å². The molecule has 0 amide bonds. The van der Waals surface area contributed by atoms with Crippen LogP contribution >= 0.6 is 0 Å². The van der Waals surface area contributed by atoms with E-state index in [2.05, 4.69) is 220 Å². The Morgan fingerprint density at radius 1 is 0.400 bits per heavy atom. The molecule has 318 valence electrons. The molecule has 0 unspecified atom stereocenters. The van der Waals surface area contributed by atoms with Crippen LogP contribution in [0.1, 0.15) is 105 Å². The third-order valence-corrected chi connectivity index (χ3v) is 15.6. The van der Waals surface area contributed by atoms with Gasteiger partial charge in [-0.2, -0.15) is 0 Å². The van der Waals surface area contributed by atoms with Crippen molar-refractivity contribution in [2.75, 3.05) is 0 Å². The summed E-state index contributed by atoms with van der Waals surface area (Å²) in [5.74, 6) is 0. The number of rotatable bonds is 1. The van der Waals surface area contributed by atoms with E-state index in [9.17, 15) is 0 Å². The number of hydrogen-bond donors (Lipinski definition) is 0. The van der Waals surface area contributed by atoms with Crippen LogP contribution in [0.25, 0.3) is 104 Å². The molecule has 2 aliphatic heterocycles. The molecular weight excluding hydrogens is 784 g/mol. The second-order valence-corrected chi connectivity index (χ2v) is 23.9. The minimum Gasteiger partial charge on any atom is -0.375 e. The van der Waals surface area contributed by atoms with E-state index in [1.54, 1.807) is 0 Å². The Kier molecular flexibility index (Phi) is 7.40. The SMILES string of the molecule is CC(C)(C)c1ccc2c(c1)c1cc(C(C)(C)C)cc3c1n2B1c2c-3c3ccc4cc(-c5ccccc5)cc5ccc(c2-n2c6ccc(C(C)(C)C)cc6c6cc(C(C)(C)C)cc1c62)c3c45. The Morgan fingerprint density at radius 2 is 0.938 bits per heavy atom. The normalized spacial score (nSPS) is 14.1. The number of aromatic nitrogens is 2. The van der Waals surface area contributed by atoms with Crippen molar-refractivity contribution in [2.45, 2.75) is 105 Å². The first-order valence-corrected chi connectivity index (χ1v) is 23.9. The standard InChI is InChI=1S/C62H57BN2/c1-59(2,3)38-20-24-50-44(28-38)47-31-41(62(10,11)12)33-49-57(47)64(50)58-43-23-19-36-27-37(34-16-14-13-15-17-34)26-35-18-22-42(53(43)52(35)36)54-48-32-40(61(7,8)9)30-46-45-29-39(60(4,5)6)21-25-51(45)65(56(46)48)63(49)55(54)58/h13-33H,1-12H3. The smallest absolute Gasteiger partial charge is 0.333 e. The summed E-state index contributed by atoms with van der Waals surface area (Å²) in [5, 5.41) is 13.4. The van der Waals surface area contributed by atoms with Gasteiger partial charge in [0.05, 0.1) is 16.7 Å². The summed E-state index contributed by atoms with van der Waals surface area (Å²) in [6.45, 7) is 28.4. The number of fused-ring (bicyclic) bond motifs is 12. The predicted octanol–water partition coefficient (Wildman–Crippen LogP) is 15.6. The molecule has 3 heteroatoms. The van der Waals surface area contributed by atoms with Gasteiger partial charge in [-0.05, 0) is 148 Å². The van der Waals surface area contributed by atoms with Gasteiger partial charge in [0.25, 0.3) is 0 Å². The number of hydrogen-bond acceptors (Lipinski definition) is 0. The molecule has 0 fully saturated rings. The van der Waals surface area contributed by atoms with E-state index in [0.717, 1.165) is 0 Å². The van der Waals surface area contributed by atoms with Gasteiger partial charge in [0, 0.05) is 48.9 Å². The molecule has 11 aromatic rings. The summed E-state index contributed by atoms with van der Waals surface area (Å²) in [6, 6.07) is 50.6. The van der Waals surface area contributed by atoms with E-state index in [4.69, 9.17) is 0 Å². The van der Waals surface area contributed by atoms with Crippen molar-refractivity contribution in [2.24, 2.45) is 0 Å². The van der Waals surface area contributed by atoms with Gasteiger partial charge >= 0.3 is 6.85 Å². The van der Waals surface area contributed by atoms with E-state index in [-0.39, 0.29) is 28.5 Å². The first-order valence-electron chi connectivity index (χ1n) is 23.9. The lowest BCUT2D eigenvalue weighted by atomic mass is 9.44. The molecule has 9 aromatic carbocycles. The van der Waals surface area contributed by atoms with Crippen LogP contribution in [0.4, 0.5) is 0 Å². The second-order valence-electron chi connectivity index (χ2n) is 23.9. The Hall–Kier alpha value is -6.32. The van der Waals surface area contributed by atoms with Gasteiger partial charge < -0.3 is 9.05 Å². The molecule has 13 rings (SSSR count). The van der Waals surface area contributed by atoms with Crippen molar-refractivity contribution in [3.8, 4) is 27.9 Å². The Labute approximate surface area is 383 Å². The van der Waals surface area contributed by atoms with Crippen molar-refractivity contribution in [3.63, 3.8) is 0 Å². The lowest BCUT2D eigenvalue weighted by molar-refractivity contribution is 0.590. The maximum Gasteiger partial charge on any atom is 0.333 e. The zero-order valence-corrected chi connectivity index (χ0v) is 40.1. The summed E-state index contributed by atoms with van der Waals surface area (Å²) in [7, 11) is 0. The first kappa shape index (κ1) is 39.1. The highest BCUT2D eigenvalue weighted by atomic mass is 15.0. The maximum absolute atomic E-state index is 2.79. The molecule has 0 N–H and O–H groups in total. The van der Waals surface area contributed by atoms with Crippen LogP contribution in [0.5, 0.6) is 0 Å². The van der Waals surface area contributed by atoms with Crippen molar-refractivity contribution in [3.05, 3.63) is 150 Å². The molecule has 2 aromatic heterocycles. The molecule has 0 saturated carbocycles. The fourth-order valence-corrected chi connectivity index (χ4v) is 12.1. The van der Waals surface area contributed by atoms with E-state index < -0.39 is 0 Å². The highest BCUT2D eigenvalue weighted by Crippen LogP contribution is 2.51. The quantitative estimate of drug-likeness (QED) is 0.115. The van der Waals surface area contributed by atoms with Gasteiger partial charge in [-0.1, -0.05) is 156 Å². The Bertz CT molecular complexity index is 3880. The average Bonchev–Trinajstić information content (AvgIpc) is 3.77. The van der Waals surface area contributed by atoms with E-state index in [1.165, 1.54) is 137 Å². The molecule has 0 aliphatic carbocycles. The zero-order chi connectivity index (χ0) is 45.0. The zero-order valence-electron chi connectivity index (χ0n) is 40.1. The molecule has 0 radical (unpaired) electrons. The summed E-state index contributed by atoms with van der Waals surface area (Å²) >= 11 is 0. The molecule has 65 heavy (non-hydrogen) atoms. The van der Waals surface area contributed by atoms with Crippen molar-refractivity contribution in [1.29, 1.82) is 0 Å². The van der Waals surface area contributed by atoms with Crippen LogP contribution in [0.3, 0.4) is 0 Å². The maximum atomic E-state index is 2.79. The fraction of sp³-hybridized carbons (Fsp3) is 0.258. The highest BCUT2D eigenvalue weighted by molar-refractivity contribution is 6.90. The highest BCUT2D eigenvalue weighted by Gasteiger charge is 2.44. The molecule has 4 heterocycles. The minimum atomic E-state index is -0.0585. The topological polar surface area (TPSA) is 9.86 Å². The molecule has 2 aliphatic rings. The number of nitrogens with zero attached hydrogens (tertiary/aromatic N) is 2. The van der Waals surface area contributed by atoms with Gasteiger partial charge in [-0.15, -0.1) is 0 Å². The molecule has 0 spiro atoms. The summed E-state index contributed by atoms with van der Waals surface area (Å²) in [4.78, 5) is 0. The lowest BCUT2D eigenvalue weighted by Crippen LogP contribution is -2.55. The monoisotopic (exact) mass is 840 g/mol. The van der Waals surface area contributed by atoms with Crippen molar-refractivity contribution >= 4 is 93.7 Å². The fourth-order valence-electron chi connectivity index (χ4n) is 12.1. The largest absolute Gasteiger partial charge is 0.375 e. The Morgan fingerprint density at radius 3 is 1.55 bits per heavy atom. The van der Waals surface area contributed by atoms with Crippen LogP contribution in [0, 0.1) is 0 Å². The molecular formula is C62H57BN2. The molecule has 0 bridgehead atoms. The Balaban J connectivity index is 1.30. The third-order valence-electron chi connectivity index (χ3n) is 15.6. The van der Waals surface area contributed by atoms with Gasteiger partial charge in [-0.25, -0.2) is 0 Å². The van der Waals surface area contributed by atoms with Gasteiger partial charge in [0.1, 0.15) is 0 Å².